The third kappa shape index (κ3) is 5.55. The maximum atomic E-state index is 12.3. The van der Waals surface area contributed by atoms with Crippen LogP contribution >= 0.6 is 35.6 Å². The van der Waals surface area contributed by atoms with Crippen LogP contribution in [0.25, 0.3) is 0 Å². The third-order valence-corrected chi connectivity index (χ3v) is 4.10. The van der Waals surface area contributed by atoms with E-state index >= 15 is 0 Å². The van der Waals surface area contributed by atoms with Gasteiger partial charge < -0.3 is 10.6 Å². The van der Waals surface area contributed by atoms with E-state index in [0.717, 1.165) is 18.5 Å². The van der Waals surface area contributed by atoms with Crippen molar-refractivity contribution in [3.8, 4) is 0 Å². The molecule has 0 heterocycles. The highest BCUT2D eigenvalue weighted by Gasteiger charge is 2.30. The fraction of sp³-hybridized carbons (Fsp3) is 0.214. The molecule has 0 atom stereocenters. The summed E-state index contributed by atoms with van der Waals surface area (Å²) in [6.07, 6.45) is 7.92. The Balaban J connectivity index is 1.98. The summed E-state index contributed by atoms with van der Waals surface area (Å²) in [6.45, 7) is 0. The van der Waals surface area contributed by atoms with Gasteiger partial charge in [-0.2, -0.15) is 13.2 Å². The van der Waals surface area contributed by atoms with Crippen LogP contribution in [-0.2, 0) is 0 Å². The zero-order valence-corrected chi connectivity index (χ0v) is 13.6. The van der Waals surface area contributed by atoms with Crippen LogP contribution in [0.4, 0.5) is 18.9 Å². The van der Waals surface area contributed by atoms with Gasteiger partial charge >= 0.3 is 5.51 Å². The number of allylic oxidation sites excluding steroid dienone is 3. The van der Waals surface area contributed by atoms with Crippen molar-refractivity contribution in [3.05, 3.63) is 47.1 Å². The first-order valence-corrected chi connectivity index (χ1v) is 7.94. The van der Waals surface area contributed by atoms with Crippen LogP contribution in [0.3, 0.4) is 0 Å². The summed E-state index contributed by atoms with van der Waals surface area (Å²) in [5.41, 5.74) is -2.96. The summed E-state index contributed by atoms with van der Waals surface area (Å²) in [4.78, 5) is -0.0449. The monoisotopic (exact) mass is 364 g/mol. The highest BCUT2D eigenvalue weighted by atomic mass is 35.5. The zero-order valence-electron chi connectivity index (χ0n) is 11.2. The number of hydrogen-bond acceptors (Lipinski definition) is 2. The van der Waals surface area contributed by atoms with Crippen LogP contribution in [0.1, 0.15) is 12.8 Å². The number of nitrogens with one attached hydrogen (secondary N) is 2. The van der Waals surface area contributed by atoms with Gasteiger partial charge in [0.1, 0.15) is 0 Å². The zero-order chi connectivity index (χ0) is 16.2. The Hall–Kier alpha value is -1.18. The first kappa shape index (κ1) is 17.2. The van der Waals surface area contributed by atoms with E-state index < -0.39 is 5.51 Å². The number of rotatable bonds is 3. The lowest BCUT2D eigenvalue weighted by molar-refractivity contribution is -0.0328. The number of thiocarbonyl (C=S) groups is 1. The summed E-state index contributed by atoms with van der Waals surface area (Å²) in [7, 11) is 0. The Labute approximate surface area is 140 Å². The number of hydrogen-bond donors (Lipinski definition) is 2. The van der Waals surface area contributed by atoms with E-state index in [-0.39, 0.29) is 21.7 Å². The normalized spacial score (nSPS) is 14.5. The summed E-state index contributed by atoms with van der Waals surface area (Å²) in [5, 5.41) is 6.27. The quantitative estimate of drug-likeness (QED) is 0.548. The summed E-state index contributed by atoms with van der Waals surface area (Å²) in [5.74, 6) is 0. The van der Waals surface area contributed by atoms with Crippen LogP contribution in [0.5, 0.6) is 0 Å². The lowest BCUT2D eigenvalue weighted by Crippen LogP contribution is -2.27. The summed E-state index contributed by atoms with van der Waals surface area (Å²) < 4.78 is 37.0. The van der Waals surface area contributed by atoms with Crippen LogP contribution in [-0.4, -0.2) is 10.6 Å². The van der Waals surface area contributed by atoms with Crippen LogP contribution in [0, 0.1) is 0 Å². The van der Waals surface area contributed by atoms with Crippen LogP contribution in [0.2, 0.25) is 5.02 Å². The highest BCUT2D eigenvalue weighted by molar-refractivity contribution is 8.00. The molecule has 0 amide bonds. The Morgan fingerprint density at radius 3 is 2.59 bits per heavy atom. The molecule has 118 valence electrons. The van der Waals surface area contributed by atoms with Gasteiger partial charge in [0.25, 0.3) is 0 Å². The first-order chi connectivity index (χ1) is 10.3. The molecule has 1 aliphatic carbocycles. The van der Waals surface area contributed by atoms with E-state index in [1.807, 2.05) is 18.2 Å². The number of benzene rings is 1. The second-order valence-electron chi connectivity index (χ2n) is 4.41. The molecule has 8 heteroatoms. The van der Waals surface area contributed by atoms with E-state index in [2.05, 4.69) is 10.6 Å². The van der Waals surface area contributed by atoms with Crippen LogP contribution < -0.4 is 10.6 Å². The highest BCUT2D eigenvalue weighted by Crippen LogP contribution is 2.40. The van der Waals surface area contributed by atoms with Crippen molar-refractivity contribution in [2.24, 2.45) is 0 Å². The number of halogens is 4. The van der Waals surface area contributed by atoms with Crippen molar-refractivity contribution in [2.45, 2.75) is 23.2 Å². The second kappa shape index (κ2) is 7.39. The van der Waals surface area contributed by atoms with E-state index in [1.54, 1.807) is 0 Å². The Morgan fingerprint density at radius 2 is 2.00 bits per heavy atom. The average Bonchev–Trinajstić information content (AvgIpc) is 2.41. The maximum absolute atomic E-state index is 12.3. The van der Waals surface area contributed by atoms with E-state index in [4.69, 9.17) is 23.8 Å². The molecule has 0 radical (unpaired) electrons. The standard InChI is InChI=1S/C14H12ClF3N2S2/c15-11-8-10(6-7-12(11)22-14(16,17)18)20-13(21)19-9-4-2-1-3-5-9/h2,4-8H,1,3H2,(H2,19,20,21). The topological polar surface area (TPSA) is 24.1 Å². The van der Waals surface area contributed by atoms with E-state index in [1.165, 1.54) is 18.2 Å². The van der Waals surface area contributed by atoms with Gasteiger partial charge in [-0.15, -0.1) is 0 Å². The molecule has 1 aliphatic rings. The molecule has 2 N–H and O–H groups in total. The molecule has 0 aromatic heterocycles. The minimum absolute atomic E-state index is 0.0203. The number of thioether (sulfide) groups is 1. The largest absolute Gasteiger partial charge is 0.446 e. The minimum Gasteiger partial charge on any atom is -0.333 e. The molecule has 1 aromatic rings. The fourth-order valence-electron chi connectivity index (χ4n) is 1.79. The lowest BCUT2D eigenvalue weighted by Gasteiger charge is -2.14. The van der Waals surface area contributed by atoms with E-state index in [9.17, 15) is 13.2 Å². The maximum Gasteiger partial charge on any atom is 0.446 e. The SMILES string of the molecule is FC(F)(F)Sc1ccc(NC(=S)NC2=CCCC=C2)cc1Cl. The fourth-order valence-corrected chi connectivity index (χ4v) is 2.86. The van der Waals surface area contributed by atoms with Crippen molar-refractivity contribution in [3.63, 3.8) is 0 Å². The molecule has 0 spiro atoms. The van der Waals surface area contributed by atoms with Crippen molar-refractivity contribution in [2.75, 3.05) is 5.32 Å². The molecule has 0 bridgehead atoms. The molecular formula is C14H12ClF3N2S2. The second-order valence-corrected chi connectivity index (χ2v) is 6.33. The van der Waals surface area contributed by atoms with Gasteiger partial charge in [0.05, 0.1) is 5.02 Å². The molecule has 0 aliphatic heterocycles. The Kier molecular flexibility index (Phi) is 5.77. The predicted octanol–water partition coefficient (Wildman–Crippen LogP) is 5.47. The molecular weight excluding hydrogens is 353 g/mol. The van der Waals surface area contributed by atoms with Gasteiger partial charge in [-0.05, 0) is 61.1 Å². The predicted molar refractivity (Wildman–Crippen MR) is 89.2 cm³/mol. The Bertz CT molecular complexity index is 627. The van der Waals surface area contributed by atoms with Crippen molar-refractivity contribution < 1.29 is 13.2 Å². The van der Waals surface area contributed by atoms with E-state index in [0.29, 0.717) is 10.8 Å². The van der Waals surface area contributed by atoms with Gasteiger partial charge in [0.2, 0.25) is 0 Å². The first-order valence-electron chi connectivity index (χ1n) is 6.33. The van der Waals surface area contributed by atoms with Gasteiger partial charge in [-0.25, -0.2) is 0 Å². The average molecular weight is 365 g/mol. The van der Waals surface area contributed by atoms with Crippen LogP contribution in [0.15, 0.2) is 47.0 Å². The van der Waals surface area contributed by atoms with Crippen molar-refractivity contribution in [1.82, 2.24) is 5.32 Å². The number of anilines is 1. The molecule has 2 nitrogen and oxygen atoms in total. The van der Waals surface area contributed by atoms with Gasteiger partial charge in [-0.1, -0.05) is 23.8 Å². The molecule has 0 unspecified atom stereocenters. The van der Waals surface area contributed by atoms with Crippen molar-refractivity contribution in [1.29, 1.82) is 0 Å². The smallest absolute Gasteiger partial charge is 0.333 e. The summed E-state index contributed by atoms with van der Waals surface area (Å²) in [6, 6.07) is 4.22. The Morgan fingerprint density at radius 1 is 1.23 bits per heavy atom. The van der Waals surface area contributed by atoms with Gasteiger partial charge in [-0.3, -0.25) is 0 Å². The van der Waals surface area contributed by atoms with Gasteiger partial charge in [0, 0.05) is 16.3 Å². The number of alkyl halides is 3. The third-order valence-electron chi connectivity index (χ3n) is 2.67. The lowest BCUT2D eigenvalue weighted by atomic mass is 10.1. The minimum atomic E-state index is -4.37. The molecule has 0 fully saturated rings. The molecule has 2 rings (SSSR count). The molecule has 0 saturated carbocycles. The molecule has 0 saturated heterocycles. The molecule has 1 aromatic carbocycles. The van der Waals surface area contributed by atoms with Gasteiger partial charge in [0.15, 0.2) is 5.11 Å². The van der Waals surface area contributed by atoms with Crippen molar-refractivity contribution >= 4 is 46.4 Å². The summed E-state index contributed by atoms with van der Waals surface area (Å²) >= 11 is 10.8. The molecule has 22 heavy (non-hydrogen) atoms.